The zero-order valence-corrected chi connectivity index (χ0v) is 19.8. The Morgan fingerprint density at radius 3 is 2.00 bits per heavy atom. The van der Waals surface area contributed by atoms with Gasteiger partial charge in [0, 0.05) is 23.6 Å². The smallest absolute Gasteiger partial charge is 0.287 e. The second-order valence-corrected chi connectivity index (χ2v) is 8.32. The molecule has 1 aromatic heterocycles. The van der Waals surface area contributed by atoms with E-state index in [0.717, 1.165) is 21.6 Å². The third-order valence-electron chi connectivity index (χ3n) is 5.87. The van der Waals surface area contributed by atoms with Crippen molar-refractivity contribution in [2.45, 2.75) is 19.0 Å². The first kappa shape index (κ1) is 24.5. The van der Waals surface area contributed by atoms with Gasteiger partial charge < -0.3 is 5.32 Å². The Hall–Kier alpha value is -4.58. The van der Waals surface area contributed by atoms with E-state index in [1.165, 1.54) is 6.20 Å². The Balaban J connectivity index is 1.74. The van der Waals surface area contributed by atoms with Crippen LogP contribution < -0.4 is 10.2 Å². The maximum Gasteiger partial charge on any atom is 0.287 e. The molecule has 0 bridgehead atoms. The average molecular weight is 480 g/mol. The van der Waals surface area contributed by atoms with Crippen LogP contribution in [0.15, 0.2) is 122 Å². The highest BCUT2D eigenvalue weighted by Crippen LogP contribution is 2.32. The van der Waals surface area contributed by atoms with E-state index < -0.39 is 23.7 Å². The highest BCUT2D eigenvalue weighted by molar-refractivity contribution is 6.08. The number of anilines is 1. The minimum absolute atomic E-state index is 0.344. The predicted octanol–water partition coefficient (Wildman–Crippen LogP) is 6.18. The Morgan fingerprint density at radius 2 is 1.42 bits per heavy atom. The Morgan fingerprint density at radius 1 is 0.833 bits per heavy atom. The molecule has 3 aromatic carbocycles. The van der Waals surface area contributed by atoms with Crippen LogP contribution in [0.5, 0.6) is 0 Å². The number of hydrogen-bond acceptors (Lipinski definition) is 3. The van der Waals surface area contributed by atoms with Crippen LogP contribution in [-0.4, -0.2) is 16.8 Å². The van der Waals surface area contributed by atoms with Crippen molar-refractivity contribution in [3.63, 3.8) is 0 Å². The maximum absolute atomic E-state index is 14.3. The van der Waals surface area contributed by atoms with Gasteiger partial charge in [-0.15, -0.1) is 0 Å². The first-order valence-electron chi connectivity index (χ1n) is 11.5. The van der Waals surface area contributed by atoms with Crippen LogP contribution in [-0.2, 0) is 9.59 Å². The molecule has 0 spiro atoms. The van der Waals surface area contributed by atoms with Gasteiger partial charge in [0.25, 0.3) is 5.91 Å². The summed E-state index contributed by atoms with van der Waals surface area (Å²) in [5.74, 6) is -2.64. The van der Waals surface area contributed by atoms with E-state index in [1.807, 2.05) is 79.7 Å². The van der Waals surface area contributed by atoms with E-state index in [2.05, 4.69) is 16.9 Å². The number of hydrogen-bond donors (Lipinski definition) is 1. The van der Waals surface area contributed by atoms with Gasteiger partial charge in [-0.1, -0.05) is 85.4 Å². The summed E-state index contributed by atoms with van der Waals surface area (Å²) in [6.07, 6.45) is 3.07. The second kappa shape index (κ2) is 11.2. The lowest BCUT2D eigenvalue weighted by molar-refractivity contribution is -0.126. The molecule has 1 N–H and O–H groups in total. The van der Waals surface area contributed by atoms with Gasteiger partial charge in [0.15, 0.2) is 5.83 Å². The number of nitrogens with zero attached hydrogens (tertiary/aromatic N) is 2. The van der Waals surface area contributed by atoms with Crippen LogP contribution in [0.1, 0.15) is 30.1 Å². The number of pyridine rings is 1. The molecule has 0 saturated carbocycles. The number of aromatic nitrogens is 1. The van der Waals surface area contributed by atoms with Crippen molar-refractivity contribution in [2.75, 3.05) is 4.90 Å². The molecule has 2 atom stereocenters. The van der Waals surface area contributed by atoms with E-state index in [0.29, 0.717) is 11.3 Å². The molecule has 0 aliphatic rings. The fourth-order valence-electron chi connectivity index (χ4n) is 4.03. The van der Waals surface area contributed by atoms with Crippen molar-refractivity contribution in [1.29, 1.82) is 0 Å². The zero-order valence-electron chi connectivity index (χ0n) is 19.8. The van der Waals surface area contributed by atoms with Gasteiger partial charge in [-0.25, -0.2) is 4.39 Å². The minimum Gasteiger partial charge on any atom is -0.347 e. The number of benzene rings is 3. The summed E-state index contributed by atoms with van der Waals surface area (Å²) in [6.45, 7) is 5.05. The molecule has 0 radical (unpaired) electrons. The van der Waals surface area contributed by atoms with Gasteiger partial charge in [0.2, 0.25) is 5.91 Å². The van der Waals surface area contributed by atoms with Gasteiger partial charge in [-0.2, -0.15) is 0 Å². The molecule has 0 aliphatic heterocycles. The molecule has 2 amide bonds. The molecule has 0 fully saturated rings. The summed E-state index contributed by atoms with van der Waals surface area (Å²) < 4.78 is 14.3. The molecule has 6 heteroatoms. The molecule has 180 valence electrons. The third kappa shape index (κ3) is 5.55. The van der Waals surface area contributed by atoms with Crippen molar-refractivity contribution in [1.82, 2.24) is 10.3 Å². The van der Waals surface area contributed by atoms with E-state index in [-0.39, 0.29) is 6.04 Å². The van der Waals surface area contributed by atoms with Gasteiger partial charge in [0.05, 0.1) is 6.04 Å². The third-order valence-corrected chi connectivity index (χ3v) is 5.87. The molecule has 1 heterocycles. The molecule has 4 rings (SSSR count). The Kier molecular flexibility index (Phi) is 7.66. The van der Waals surface area contributed by atoms with Crippen LogP contribution in [0.4, 0.5) is 10.1 Å². The van der Waals surface area contributed by atoms with E-state index in [9.17, 15) is 14.0 Å². The van der Waals surface area contributed by atoms with Crippen molar-refractivity contribution >= 4 is 17.5 Å². The normalized spacial score (nSPS) is 12.3. The van der Waals surface area contributed by atoms with Crippen molar-refractivity contribution in [3.8, 4) is 11.1 Å². The van der Waals surface area contributed by atoms with Gasteiger partial charge in [-0.3, -0.25) is 19.5 Å². The van der Waals surface area contributed by atoms with Crippen LogP contribution in [0.3, 0.4) is 0 Å². The number of carbonyl (C=O) groups is 2. The first-order chi connectivity index (χ1) is 17.5. The monoisotopic (exact) mass is 479 g/mol. The number of rotatable bonds is 8. The molecule has 0 saturated heterocycles. The van der Waals surface area contributed by atoms with Crippen LogP contribution in [0.25, 0.3) is 11.1 Å². The largest absolute Gasteiger partial charge is 0.347 e. The van der Waals surface area contributed by atoms with E-state index >= 15 is 0 Å². The highest BCUT2D eigenvalue weighted by Gasteiger charge is 2.35. The van der Waals surface area contributed by atoms with Crippen LogP contribution in [0, 0.1) is 0 Å². The van der Waals surface area contributed by atoms with Gasteiger partial charge >= 0.3 is 0 Å². The number of halogens is 1. The summed E-state index contributed by atoms with van der Waals surface area (Å²) in [5.41, 5.74) is 3.61. The maximum atomic E-state index is 14.3. The standard InChI is InChI=1S/C30H26FN3O2/c1-21(31)30(36)34(27-17-15-25(16-18-27)24-12-7-4-8-13-24)28(26-14-9-19-32-20-26)29(35)33-22(2)23-10-5-3-6-11-23/h3-20,22,28H,1H2,2H3,(H,33,35)/t22-,28?/m0/s1. The number of carbonyl (C=O) groups excluding carboxylic acids is 2. The molecule has 36 heavy (non-hydrogen) atoms. The quantitative estimate of drug-likeness (QED) is 0.307. The molecule has 0 aliphatic carbocycles. The second-order valence-electron chi connectivity index (χ2n) is 8.32. The molecule has 1 unspecified atom stereocenters. The van der Waals surface area contributed by atoms with E-state index in [4.69, 9.17) is 0 Å². The summed E-state index contributed by atoms with van der Waals surface area (Å²) in [6, 6.07) is 28.1. The number of amides is 2. The Bertz CT molecular complexity index is 1330. The predicted molar refractivity (Wildman–Crippen MR) is 140 cm³/mol. The lowest BCUT2D eigenvalue weighted by Crippen LogP contribution is -2.44. The molecule has 5 nitrogen and oxygen atoms in total. The molecular formula is C30H26FN3O2. The lowest BCUT2D eigenvalue weighted by Gasteiger charge is -2.31. The zero-order chi connectivity index (χ0) is 25.5. The molecule has 4 aromatic rings. The fourth-order valence-corrected chi connectivity index (χ4v) is 4.03. The summed E-state index contributed by atoms with van der Waals surface area (Å²) in [5, 5.41) is 2.96. The molecular weight excluding hydrogens is 453 g/mol. The van der Waals surface area contributed by atoms with Crippen LogP contribution in [0.2, 0.25) is 0 Å². The topological polar surface area (TPSA) is 62.3 Å². The fraction of sp³-hybridized carbons (Fsp3) is 0.100. The van der Waals surface area contributed by atoms with Gasteiger partial charge in [-0.05, 0) is 41.8 Å². The van der Waals surface area contributed by atoms with Crippen molar-refractivity contribution < 1.29 is 14.0 Å². The van der Waals surface area contributed by atoms with Crippen molar-refractivity contribution in [3.05, 3.63) is 133 Å². The Labute approximate surface area is 209 Å². The van der Waals surface area contributed by atoms with E-state index in [1.54, 1.807) is 30.5 Å². The first-order valence-corrected chi connectivity index (χ1v) is 11.5. The highest BCUT2D eigenvalue weighted by atomic mass is 19.1. The minimum atomic E-state index is -1.17. The number of nitrogens with one attached hydrogen (secondary N) is 1. The lowest BCUT2D eigenvalue weighted by atomic mass is 10.0. The summed E-state index contributed by atoms with van der Waals surface area (Å²) >= 11 is 0. The average Bonchev–Trinajstić information content (AvgIpc) is 2.92. The van der Waals surface area contributed by atoms with Crippen molar-refractivity contribution in [2.24, 2.45) is 0 Å². The SMILES string of the molecule is C=C(F)C(=O)N(c1ccc(-c2ccccc2)cc1)C(C(=O)N[C@@H](C)c1ccccc1)c1cccnc1. The summed E-state index contributed by atoms with van der Waals surface area (Å²) in [7, 11) is 0. The van der Waals surface area contributed by atoms with Gasteiger partial charge in [0.1, 0.15) is 6.04 Å². The summed E-state index contributed by atoms with van der Waals surface area (Å²) in [4.78, 5) is 32.0. The van der Waals surface area contributed by atoms with Crippen LogP contribution >= 0.6 is 0 Å².